The van der Waals surface area contributed by atoms with E-state index in [0.29, 0.717) is 18.4 Å². The maximum absolute atomic E-state index is 12.9. The number of rotatable bonds is 5. The summed E-state index contributed by atoms with van der Waals surface area (Å²) in [6.45, 7) is 2.17. The molecule has 1 aliphatic heterocycles. The van der Waals surface area contributed by atoms with E-state index in [1.54, 1.807) is 35.3 Å². The fraction of sp³-hybridized carbons (Fsp3) is 0.591. The van der Waals surface area contributed by atoms with Crippen molar-refractivity contribution in [2.75, 3.05) is 20.2 Å². The zero-order valence-corrected chi connectivity index (χ0v) is 17.8. The minimum absolute atomic E-state index is 0.0587. The highest BCUT2D eigenvalue weighted by atomic mass is 32.1. The van der Waals surface area contributed by atoms with E-state index in [0.717, 1.165) is 62.2 Å². The lowest BCUT2D eigenvalue weighted by atomic mass is 9.85. The van der Waals surface area contributed by atoms with Gasteiger partial charge in [-0.3, -0.25) is 9.59 Å². The molecule has 2 unspecified atom stereocenters. The Kier molecular flexibility index (Phi) is 6.45. The van der Waals surface area contributed by atoms with Gasteiger partial charge in [0.05, 0.1) is 11.0 Å². The topological polar surface area (TPSA) is 64.4 Å². The Balaban J connectivity index is 1.34. The number of hydrogen-bond acceptors (Lipinski definition) is 5. The standard InChI is InChI=1S/C22H29N3O3S/c1-28-18-5-2-4-17(14-18)22(27)24-11-9-16(10-12-24)15-25-21(26)8-7-19(23-25)20-6-3-13-29-20/h3,6-8,13,16-18H,2,4-5,9-12,14-15H2,1H3. The van der Waals surface area contributed by atoms with Crippen LogP contribution in [0.2, 0.25) is 0 Å². The van der Waals surface area contributed by atoms with Gasteiger partial charge in [0, 0.05) is 38.7 Å². The second-order valence-electron chi connectivity index (χ2n) is 8.21. The quantitative estimate of drug-likeness (QED) is 0.751. The van der Waals surface area contributed by atoms with Crippen LogP contribution < -0.4 is 5.56 Å². The molecule has 2 aromatic heterocycles. The van der Waals surface area contributed by atoms with E-state index < -0.39 is 0 Å². The Morgan fingerprint density at radius 1 is 1.21 bits per heavy atom. The number of amides is 1. The summed E-state index contributed by atoms with van der Waals surface area (Å²) in [4.78, 5) is 28.3. The second-order valence-corrected chi connectivity index (χ2v) is 9.15. The molecule has 6 nitrogen and oxygen atoms in total. The van der Waals surface area contributed by atoms with Crippen LogP contribution in [-0.2, 0) is 16.1 Å². The summed E-state index contributed by atoms with van der Waals surface area (Å²) in [7, 11) is 1.74. The lowest BCUT2D eigenvalue weighted by Crippen LogP contribution is -2.44. The maximum Gasteiger partial charge on any atom is 0.266 e. The van der Waals surface area contributed by atoms with E-state index in [9.17, 15) is 9.59 Å². The summed E-state index contributed by atoms with van der Waals surface area (Å²) in [5.74, 6) is 0.776. The zero-order valence-electron chi connectivity index (χ0n) is 17.0. The molecule has 2 aliphatic rings. The highest BCUT2D eigenvalue weighted by Gasteiger charge is 2.32. The van der Waals surface area contributed by atoms with Gasteiger partial charge in [-0.2, -0.15) is 5.10 Å². The Morgan fingerprint density at radius 2 is 2.03 bits per heavy atom. The number of likely N-dealkylation sites (tertiary alicyclic amines) is 1. The van der Waals surface area contributed by atoms with E-state index in [1.165, 1.54) is 0 Å². The van der Waals surface area contributed by atoms with Gasteiger partial charge in [-0.05, 0) is 55.5 Å². The van der Waals surface area contributed by atoms with Crippen LogP contribution in [0.1, 0.15) is 38.5 Å². The predicted octanol–water partition coefficient (Wildman–Crippen LogP) is 3.42. The van der Waals surface area contributed by atoms with Crippen molar-refractivity contribution >= 4 is 17.2 Å². The largest absolute Gasteiger partial charge is 0.381 e. The first kappa shape index (κ1) is 20.3. The molecule has 3 heterocycles. The predicted molar refractivity (Wildman–Crippen MR) is 114 cm³/mol. The Bertz CT molecular complexity index is 872. The smallest absolute Gasteiger partial charge is 0.266 e. The molecule has 1 aliphatic carbocycles. The number of hydrogen-bond donors (Lipinski definition) is 0. The van der Waals surface area contributed by atoms with Crippen molar-refractivity contribution in [1.29, 1.82) is 0 Å². The van der Waals surface area contributed by atoms with Crippen molar-refractivity contribution in [3.63, 3.8) is 0 Å². The van der Waals surface area contributed by atoms with Gasteiger partial charge >= 0.3 is 0 Å². The fourth-order valence-corrected chi connectivity index (χ4v) is 5.25. The molecule has 1 amide bonds. The molecule has 1 saturated heterocycles. The molecule has 2 atom stereocenters. The number of thiophene rings is 1. The number of ether oxygens (including phenoxy) is 1. The molecule has 0 bridgehead atoms. The van der Waals surface area contributed by atoms with Gasteiger partial charge in [0.2, 0.25) is 5.91 Å². The molecule has 4 rings (SSSR count). The molecular weight excluding hydrogens is 386 g/mol. The van der Waals surface area contributed by atoms with Crippen LogP contribution >= 0.6 is 11.3 Å². The average Bonchev–Trinajstić information content (AvgIpc) is 3.30. The van der Waals surface area contributed by atoms with Crippen molar-refractivity contribution in [1.82, 2.24) is 14.7 Å². The van der Waals surface area contributed by atoms with Gasteiger partial charge in [-0.1, -0.05) is 12.5 Å². The first-order valence-electron chi connectivity index (χ1n) is 10.6. The molecule has 0 radical (unpaired) electrons. The minimum atomic E-state index is -0.0587. The van der Waals surface area contributed by atoms with Gasteiger partial charge in [0.25, 0.3) is 5.56 Å². The van der Waals surface area contributed by atoms with Crippen LogP contribution in [-0.4, -0.2) is 46.9 Å². The molecule has 2 aromatic rings. The van der Waals surface area contributed by atoms with Gasteiger partial charge in [-0.25, -0.2) is 4.68 Å². The van der Waals surface area contributed by atoms with E-state index in [1.807, 2.05) is 22.4 Å². The minimum Gasteiger partial charge on any atom is -0.381 e. The summed E-state index contributed by atoms with van der Waals surface area (Å²) in [5.41, 5.74) is 0.786. The average molecular weight is 416 g/mol. The van der Waals surface area contributed by atoms with Gasteiger partial charge in [-0.15, -0.1) is 11.3 Å². The van der Waals surface area contributed by atoms with Crippen molar-refractivity contribution in [3.8, 4) is 10.6 Å². The molecular formula is C22H29N3O3S. The third-order valence-corrected chi connectivity index (χ3v) is 7.20. The van der Waals surface area contributed by atoms with Gasteiger partial charge in [0.1, 0.15) is 5.69 Å². The van der Waals surface area contributed by atoms with Gasteiger partial charge < -0.3 is 9.64 Å². The number of methoxy groups -OCH3 is 1. The number of carbonyl (C=O) groups is 1. The van der Waals surface area contributed by atoms with Crippen LogP contribution in [0.25, 0.3) is 10.6 Å². The molecule has 2 fully saturated rings. The monoisotopic (exact) mass is 415 g/mol. The lowest BCUT2D eigenvalue weighted by molar-refractivity contribution is -0.139. The Hall–Kier alpha value is -1.99. The molecule has 1 saturated carbocycles. The summed E-state index contributed by atoms with van der Waals surface area (Å²) >= 11 is 1.62. The summed E-state index contributed by atoms with van der Waals surface area (Å²) < 4.78 is 7.08. The lowest BCUT2D eigenvalue weighted by Gasteiger charge is -2.36. The first-order chi connectivity index (χ1) is 14.1. The number of aromatic nitrogens is 2. The van der Waals surface area contributed by atoms with Gasteiger partial charge in [0.15, 0.2) is 0 Å². The fourth-order valence-electron chi connectivity index (χ4n) is 4.56. The maximum atomic E-state index is 12.9. The highest BCUT2D eigenvalue weighted by Crippen LogP contribution is 2.29. The zero-order chi connectivity index (χ0) is 20.2. The van der Waals surface area contributed by atoms with Crippen molar-refractivity contribution < 1.29 is 9.53 Å². The van der Waals surface area contributed by atoms with Crippen molar-refractivity contribution in [3.05, 3.63) is 40.0 Å². The van der Waals surface area contributed by atoms with Crippen LogP contribution in [0.5, 0.6) is 0 Å². The molecule has 0 N–H and O–H groups in total. The Morgan fingerprint density at radius 3 is 2.76 bits per heavy atom. The molecule has 156 valence electrons. The molecule has 29 heavy (non-hydrogen) atoms. The first-order valence-corrected chi connectivity index (χ1v) is 11.5. The highest BCUT2D eigenvalue weighted by molar-refractivity contribution is 7.13. The molecule has 0 aromatic carbocycles. The third-order valence-electron chi connectivity index (χ3n) is 6.31. The van der Waals surface area contributed by atoms with E-state index in [-0.39, 0.29) is 17.6 Å². The second kappa shape index (κ2) is 9.22. The Labute approximate surface area is 175 Å². The number of nitrogens with zero attached hydrogens (tertiary/aromatic N) is 3. The van der Waals surface area contributed by atoms with E-state index >= 15 is 0 Å². The van der Waals surface area contributed by atoms with E-state index in [4.69, 9.17) is 4.74 Å². The number of piperidine rings is 1. The van der Waals surface area contributed by atoms with Crippen LogP contribution in [0.3, 0.4) is 0 Å². The molecule has 7 heteroatoms. The van der Waals surface area contributed by atoms with Crippen LogP contribution in [0, 0.1) is 11.8 Å². The summed E-state index contributed by atoms with van der Waals surface area (Å²) in [5, 5.41) is 6.59. The van der Waals surface area contributed by atoms with Crippen molar-refractivity contribution in [2.24, 2.45) is 11.8 Å². The SMILES string of the molecule is COC1CCCC(C(=O)N2CCC(Cn3nc(-c4cccs4)ccc3=O)CC2)C1. The van der Waals surface area contributed by atoms with Crippen LogP contribution in [0.4, 0.5) is 0 Å². The van der Waals surface area contributed by atoms with Crippen molar-refractivity contribution in [2.45, 2.75) is 51.2 Å². The number of carbonyl (C=O) groups excluding carboxylic acids is 1. The normalized spacial score (nSPS) is 23.3. The molecule has 0 spiro atoms. The summed E-state index contributed by atoms with van der Waals surface area (Å²) in [6.07, 6.45) is 6.03. The summed E-state index contributed by atoms with van der Waals surface area (Å²) in [6, 6.07) is 7.41. The van der Waals surface area contributed by atoms with Crippen LogP contribution in [0.15, 0.2) is 34.4 Å². The third kappa shape index (κ3) is 4.78. The van der Waals surface area contributed by atoms with E-state index in [2.05, 4.69) is 5.10 Å².